The number of esters is 5. The van der Waals surface area contributed by atoms with Gasteiger partial charge in [-0.05, 0) is 23.8 Å². The molecule has 0 amide bonds. The third kappa shape index (κ3) is 8.18. The van der Waals surface area contributed by atoms with Gasteiger partial charge in [-0.3, -0.25) is 14.4 Å². The van der Waals surface area contributed by atoms with E-state index in [2.05, 4.69) is 0 Å². The molecule has 1 saturated heterocycles. The number of benzene rings is 2. The first-order valence-corrected chi connectivity index (χ1v) is 12.3. The van der Waals surface area contributed by atoms with Gasteiger partial charge in [-0.25, -0.2) is 9.59 Å². The molecule has 1 fully saturated rings. The summed E-state index contributed by atoms with van der Waals surface area (Å²) in [5.74, 6) is -4.11. The third-order valence-electron chi connectivity index (χ3n) is 5.68. The molecule has 0 radical (unpaired) electrons. The molecule has 0 saturated carbocycles. The molecular formula is C28H30O13. The normalized spacial score (nSPS) is 21.5. The molecule has 1 heterocycles. The second-order valence-electron chi connectivity index (χ2n) is 8.72. The number of carbonyl (C=O) groups excluding carboxylic acids is 5. The summed E-state index contributed by atoms with van der Waals surface area (Å²) in [7, 11) is 2.27. The summed E-state index contributed by atoms with van der Waals surface area (Å²) in [6, 6.07) is 13.4. The maximum absolute atomic E-state index is 12.7. The molecule has 1 aliphatic rings. The standard InChI is InChI=1S/C28H30O13/c1-15(29)37-22-23(38-16(2)30)25(39-17(3)31)28(41-24(22)27(33)35-5)40-21-13-19(26(32)34-4)11-12-20(21)36-14-18-9-7-6-8-10-18/h6-13,22-25,28H,14H2,1-5H3/t22-,23-,24-,25+,28+/m0/s1. The van der Waals surface area contributed by atoms with Crippen molar-refractivity contribution in [1.82, 2.24) is 0 Å². The fraction of sp³-hybridized carbons (Fsp3) is 0.393. The summed E-state index contributed by atoms with van der Waals surface area (Å²) in [6.07, 6.45) is -7.98. The van der Waals surface area contributed by atoms with Crippen LogP contribution in [0.3, 0.4) is 0 Å². The zero-order valence-corrected chi connectivity index (χ0v) is 23.0. The van der Waals surface area contributed by atoms with Crippen LogP contribution in [-0.2, 0) is 54.2 Å². The average Bonchev–Trinajstić information content (AvgIpc) is 2.94. The first-order chi connectivity index (χ1) is 19.5. The number of methoxy groups -OCH3 is 2. The van der Waals surface area contributed by atoms with E-state index in [-0.39, 0.29) is 23.7 Å². The van der Waals surface area contributed by atoms with Gasteiger partial charge in [-0.1, -0.05) is 30.3 Å². The van der Waals surface area contributed by atoms with E-state index in [1.807, 2.05) is 30.3 Å². The van der Waals surface area contributed by atoms with Gasteiger partial charge in [-0.2, -0.15) is 0 Å². The van der Waals surface area contributed by atoms with Crippen LogP contribution in [0.15, 0.2) is 48.5 Å². The van der Waals surface area contributed by atoms with Crippen molar-refractivity contribution in [2.24, 2.45) is 0 Å². The van der Waals surface area contributed by atoms with Crippen LogP contribution in [0.2, 0.25) is 0 Å². The topological polar surface area (TPSA) is 159 Å². The molecule has 0 aliphatic carbocycles. The van der Waals surface area contributed by atoms with Crippen LogP contribution >= 0.6 is 0 Å². The Morgan fingerprint density at radius 3 is 1.93 bits per heavy atom. The lowest BCUT2D eigenvalue weighted by molar-refractivity contribution is -0.282. The molecule has 5 atom stereocenters. The van der Waals surface area contributed by atoms with Gasteiger partial charge in [0.25, 0.3) is 0 Å². The largest absolute Gasteiger partial charge is 0.485 e. The van der Waals surface area contributed by atoms with Crippen molar-refractivity contribution in [2.75, 3.05) is 14.2 Å². The summed E-state index contributed by atoms with van der Waals surface area (Å²) in [5, 5.41) is 0. The Balaban J connectivity index is 2.07. The molecule has 13 heteroatoms. The van der Waals surface area contributed by atoms with Crippen molar-refractivity contribution in [3.63, 3.8) is 0 Å². The van der Waals surface area contributed by atoms with E-state index in [0.717, 1.165) is 33.4 Å². The molecule has 2 aromatic carbocycles. The fourth-order valence-corrected chi connectivity index (χ4v) is 4.00. The van der Waals surface area contributed by atoms with Crippen LogP contribution in [0.1, 0.15) is 36.7 Å². The highest BCUT2D eigenvalue weighted by molar-refractivity contribution is 5.90. The molecule has 13 nitrogen and oxygen atoms in total. The van der Waals surface area contributed by atoms with Gasteiger partial charge in [0.05, 0.1) is 19.8 Å². The van der Waals surface area contributed by atoms with Gasteiger partial charge in [-0.15, -0.1) is 0 Å². The number of hydrogen-bond donors (Lipinski definition) is 0. The SMILES string of the molecule is COC(=O)c1ccc(OCc2ccccc2)c(O[C@@H]2O[C@H](C(=O)OC)[C@@H](OC(C)=O)[C@H](OC(C)=O)[C@H]2OC(C)=O)c1. The third-order valence-corrected chi connectivity index (χ3v) is 5.68. The molecule has 0 aromatic heterocycles. The van der Waals surface area contributed by atoms with Gasteiger partial charge in [0.1, 0.15) is 6.61 Å². The molecule has 3 rings (SSSR count). The Morgan fingerprint density at radius 2 is 1.34 bits per heavy atom. The predicted molar refractivity (Wildman–Crippen MR) is 137 cm³/mol. The van der Waals surface area contributed by atoms with Gasteiger partial charge in [0, 0.05) is 20.8 Å². The van der Waals surface area contributed by atoms with Crippen molar-refractivity contribution >= 4 is 29.8 Å². The molecule has 2 aromatic rings. The van der Waals surface area contributed by atoms with E-state index < -0.39 is 60.6 Å². The minimum atomic E-state index is -1.66. The monoisotopic (exact) mass is 574 g/mol. The lowest BCUT2D eigenvalue weighted by Crippen LogP contribution is -2.64. The molecule has 0 spiro atoms. The van der Waals surface area contributed by atoms with Crippen LogP contribution in [0.4, 0.5) is 0 Å². The Hall–Kier alpha value is -4.65. The first-order valence-electron chi connectivity index (χ1n) is 12.3. The van der Waals surface area contributed by atoms with Gasteiger partial charge in [0.2, 0.25) is 12.4 Å². The maximum atomic E-state index is 12.7. The quantitative estimate of drug-likeness (QED) is 0.300. The lowest BCUT2D eigenvalue weighted by Gasteiger charge is -2.43. The number of ether oxygens (including phenoxy) is 8. The van der Waals surface area contributed by atoms with Crippen molar-refractivity contribution in [2.45, 2.75) is 58.1 Å². The molecule has 1 aliphatic heterocycles. The van der Waals surface area contributed by atoms with E-state index in [1.165, 1.54) is 25.3 Å². The van der Waals surface area contributed by atoms with Crippen molar-refractivity contribution < 1.29 is 61.9 Å². The highest BCUT2D eigenvalue weighted by Gasteiger charge is 2.56. The Bertz CT molecular complexity index is 1260. The predicted octanol–water partition coefficient (Wildman–Crippen LogP) is 2.12. The Labute approximate surface area is 235 Å². The summed E-state index contributed by atoms with van der Waals surface area (Å²) in [4.78, 5) is 61.0. The van der Waals surface area contributed by atoms with E-state index >= 15 is 0 Å². The van der Waals surface area contributed by atoms with Crippen LogP contribution in [0.25, 0.3) is 0 Å². The molecule has 220 valence electrons. The zero-order chi connectivity index (χ0) is 30.1. The number of rotatable bonds is 10. The highest BCUT2D eigenvalue weighted by atomic mass is 16.7. The second kappa shape index (κ2) is 14.1. The van der Waals surface area contributed by atoms with E-state index in [1.54, 1.807) is 0 Å². The van der Waals surface area contributed by atoms with Crippen LogP contribution in [0.5, 0.6) is 11.5 Å². The zero-order valence-electron chi connectivity index (χ0n) is 23.0. The lowest BCUT2D eigenvalue weighted by atomic mass is 9.97. The van der Waals surface area contributed by atoms with Crippen molar-refractivity contribution in [1.29, 1.82) is 0 Å². The van der Waals surface area contributed by atoms with Gasteiger partial charge < -0.3 is 37.9 Å². The Kier molecular flexibility index (Phi) is 10.6. The van der Waals surface area contributed by atoms with Crippen LogP contribution in [-0.4, -0.2) is 74.8 Å². The fourth-order valence-electron chi connectivity index (χ4n) is 4.00. The van der Waals surface area contributed by atoms with E-state index in [0.29, 0.717) is 0 Å². The van der Waals surface area contributed by atoms with E-state index in [9.17, 15) is 24.0 Å². The van der Waals surface area contributed by atoms with Crippen molar-refractivity contribution in [3.8, 4) is 11.5 Å². The average molecular weight is 575 g/mol. The molecule has 0 N–H and O–H groups in total. The van der Waals surface area contributed by atoms with Gasteiger partial charge in [0.15, 0.2) is 29.8 Å². The number of hydrogen-bond acceptors (Lipinski definition) is 13. The van der Waals surface area contributed by atoms with Gasteiger partial charge >= 0.3 is 29.8 Å². The van der Waals surface area contributed by atoms with Crippen molar-refractivity contribution in [3.05, 3.63) is 59.7 Å². The maximum Gasteiger partial charge on any atom is 0.339 e. The minimum Gasteiger partial charge on any atom is -0.485 e. The van der Waals surface area contributed by atoms with E-state index in [4.69, 9.17) is 37.9 Å². The summed E-state index contributed by atoms with van der Waals surface area (Å²) < 4.78 is 43.4. The number of carbonyl (C=O) groups is 5. The van der Waals surface area contributed by atoms with Crippen LogP contribution in [0, 0.1) is 0 Å². The first kappa shape index (κ1) is 30.9. The minimum absolute atomic E-state index is 0.0675. The summed E-state index contributed by atoms with van der Waals surface area (Å²) in [5.41, 5.74) is 0.903. The van der Waals surface area contributed by atoms with Crippen LogP contribution < -0.4 is 9.47 Å². The Morgan fingerprint density at radius 1 is 0.732 bits per heavy atom. The second-order valence-corrected chi connectivity index (χ2v) is 8.72. The molecular weight excluding hydrogens is 544 g/mol. The molecule has 41 heavy (non-hydrogen) atoms. The smallest absolute Gasteiger partial charge is 0.339 e. The summed E-state index contributed by atoms with van der Waals surface area (Å²) in [6.45, 7) is 3.34. The molecule has 0 bridgehead atoms. The molecule has 0 unspecified atom stereocenters. The highest BCUT2D eigenvalue weighted by Crippen LogP contribution is 2.35. The summed E-state index contributed by atoms with van der Waals surface area (Å²) >= 11 is 0.